The zero-order valence-electron chi connectivity index (χ0n) is 9.12. The van der Waals surface area contributed by atoms with Crippen LogP contribution in [0.15, 0.2) is 15.7 Å². The largest absolute Gasteiger partial charge is 0.396 e. The SMILES string of the molecule is CC(C)(C)c1nc(Br)cc(SCCO)n1. The Bertz CT molecular complexity index is 339. The second-order valence-electron chi connectivity index (χ2n) is 4.17. The van der Waals surface area contributed by atoms with E-state index in [1.807, 2.05) is 6.07 Å². The maximum Gasteiger partial charge on any atom is 0.136 e. The van der Waals surface area contributed by atoms with Crippen LogP contribution in [-0.2, 0) is 5.41 Å². The van der Waals surface area contributed by atoms with Crippen LogP contribution in [-0.4, -0.2) is 27.4 Å². The Hall–Kier alpha value is -0.130. The van der Waals surface area contributed by atoms with Crippen molar-refractivity contribution in [2.45, 2.75) is 31.2 Å². The number of nitrogens with zero attached hydrogens (tertiary/aromatic N) is 2. The van der Waals surface area contributed by atoms with E-state index in [4.69, 9.17) is 5.11 Å². The highest BCUT2D eigenvalue weighted by Crippen LogP contribution is 2.24. The minimum absolute atomic E-state index is 0.0572. The number of aliphatic hydroxyl groups excluding tert-OH is 1. The minimum Gasteiger partial charge on any atom is -0.396 e. The molecule has 1 aromatic rings. The quantitative estimate of drug-likeness (QED) is 0.687. The fraction of sp³-hybridized carbons (Fsp3) is 0.600. The third-order valence-electron chi connectivity index (χ3n) is 1.68. The fourth-order valence-electron chi connectivity index (χ4n) is 0.957. The first-order chi connectivity index (χ1) is 6.93. The maximum atomic E-state index is 8.75. The zero-order valence-corrected chi connectivity index (χ0v) is 11.5. The molecule has 1 rings (SSSR count). The molecule has 1 heterocycles. The topological polar surface area (TPSA) is 46.0 Å². The second kappa shape index (κ2) is 5.27. The summed E-state index contributed by atoms with van der Waals surface area (Å²) in [5.74, 6) is 1.48. The van der Waals surface area contributed by atoms with Gasteiger partial charge in [-0.3, -0.25) is 0 Å². The van der Waals surface area contributed by atoms with Gasteiger partial charge in [0, 0.05) is 17.2 Å². The highest BCUT2D eigenvalue weighted by Gasteiger charge is 2.18. The number of halogens is 1. The van der Waals surface area contributed by atoms with Gasteiger partial charge in [0.25, 0.3) is 0 Å². The summed E-state index contributed by atoms with van der Waals surface area (Å²) in [7, 11) is 0. The number of rotatable bonds is 3. The van der Waals surface area contributed by atoms with Crippen molar-refractivity contribution in [1.29, 1.82) is 0 Å². The Labute approximate surface area is 103 Å². The van der Waals surface area contributed by atoms with Crippen LogP contribution in [0.3, 0.4) is 0 Å². The van der Waals surface area contributed by atoms with E-state index in [0.717, 1.165) is 15.5 Å². The molecule has 0 radical (unpaired) electrons. The van der Waals surface area contributed by atoms with Crippen molar-refractivity contribution in [2.24, 2.45) is 0 Å². The molecule has 1 aromatic heterocycles. The molecule has 84 valence electrons. The molecule has 0 aromatic carbocycles. The molecule has 5 heteroatoms. The summed E-state index contributed by atoms with van der Waals surface area (Å²) in [6.07, 6.45) is 0. The second-order valence-corrected chi connectivity index (χ2v) is 6.10. The van der Waals surface area contributed by atoms with Crippen molar-refractivity contribution >= 4 is 27.7 Å². The van der Waals surface area contributed by atoms with Crippen LogP contribution in [0.4, 0.5) is 0 Å². The molecule has 0 fully saturated rings. The van der Waals surface area contributed by atoms with Gasteiger partial charge in [0.1, 0.15) is 15.5 Å². The van der Waals surface area contributed by atoms with Gasteiger partial charge in [-0.25, -0.2) is 9.97 Å². The first-order valence-electron chi connectivity index (χ1n) is 4.72. The number of hydrogen-bond donors (Lipinski definition) is 1. The number of hydrogen-bond acceptors (Lipinski definition) is 4. The van der Waals surface area contributed by atoms with Crippen LogP contribution in [0.5, 0.6) is 0 Å². The molecule has 0 aliphatic rings. The lowest BCUT2D eigenvalue weighted by Gasteiger charge is -2.17. The lowest BCUT2D eigenvalue weighted by Crippen LogP contribution is -2.16. The average Bonchev–Trinajstić information content (AvgIpc) is 2.12. The summed E-state index contributed by atoms with van der Waals surface area (Å²) < 4.78 is 0.794. The molecular formula is C10H15BrN2OS. The first kappa shape index (κ1) is 12.9. The third-order valence-corrected chi connectivity index (χ3v) is 2.98. The highest BCUT2D eigenvalue weighted by molar-refractivity contribution is 9.10. The van der Waals surface area contributed by atoms with Gasteiger partial charge < -0.3 is 5.11 Å². The Morgan fingerprint density at radius 2 is 2.07 bits per heavy atom. The van der Waals surface area contributed by atoms with E-state index in [1.54, 1.807) is 0 Å². The summed E-state index contributed by atoms with van der Waals surface area (Å²) in [6, 6.07) is 1.87. The van der Waals surface area contributed by atoms with Gasteiger partial charge >= 0.3 is 0 Å². The minimum atomic E-state index is -0.0572. The normalized spacial score (nSPS) is 11.8. The van der Waals surface area contributed by atoms with Gasteiger partial charge in [-0.2, -0.15) is 0 Å². The Kier molecular flexibility index (Phi) is 4.55. The summed E-state index contributed by atoms with van der Waals surface area (Å²) in [4.78, 5) is 8.80. The van der Waals surface area contributed by atoms with E-state index in [-0.39, 0.29) is 12.0 Å². The third kappa shape index (κ3) is 4.09. The van der Waals surface area contributed by atoms with Crippen LogP contribution in [0.25, 0.3) is 0 Å². The lowest BCUT2D eigenvalue weighted by molar-refractivity contribution is 0.322. The summed E-state index contributed by atoms with van der Waals surface area (Å²) >= 11 is 4.90. The van der Waals surface area contributed by atoms with E-state index in [1.165, 1.54) is 11.8 Å². The van der Waals surface area contributed by atoms with E-state index in [9.17, 15) is 0 Å². The molecule has 15 heavy (non-hydrogen) atoms. The van der Waals surface area contributed by atoms with E-state index in [2.05, 4.69) is 46.7 Å². The van der Waals surface area contributed by atoms with Gasteiger partial charge in [-0.15, -0.1) is 11.8 Å². The molecule has 0 bridgehead atoms. The van der Waals surface area contributed by atoms with Crippen molar-refractivity contribution < 1.29 is 5.11 Å². The molecule has 3 nitrogen and oxygen atoms in total. The summed E-state index contributed by atoms with van der Waals surface area (Å²) in [5.41, 5.74) is -0.0572. The van der Waals surface area contributed by atoms with Crippen molar-refractivity contribution in [1.82, 2.24) is 9.97 Å². The van der Waals surface area contributed by atoms with Gasteiger partial charge in [-0.1, -0.05) is 20.8 Å². The van der Waals surface area contributed by atoms with Crippen LogP contribution in [0.2, 0.25) is 0 Å². The smallest absolute Gasteiger partial charge is 0.136 e. The summed E-state index contributed by atoms with van der Waals surface area (Å²) in [6.45, 7) is 6.40. The van der Waals surface area contributed by atoms with Crippen LogP contribution in [0, 0.1) is 0 Å². The average molecular weight is 291 g/mol. The van der Waals surface area contributed by atoms with Crippen LogP contribution >= 0.6 is 27.7 Å². The fourth-order valence-corrected chi connectivity index (χ4v) is 2.14. The lowest BCUT2D eigenvalue weighted by atomic mass is 9.96. The molecule has 0 amide bonds. The highest BCUT2D eigenvalue weighted by atomic mass is 79.9. The number of thioether (sulfide) groups is 1. The standard InChI is InChI=1S/C10H15BrN2OS/c1-10(2,3)9-12-7(11)6-8(13-9)15-5-4-14/h6,14H,4-5H2,1-3H3. The van der Waals surface area contributed by atoms with Crippen molar-refractivity contribution in [3.05, 3.63) is 16.5 Å². The van der Waals surface area contributed by atoms with E-state index < -0.39 is 0 Å². The summed E-state index contributed by atoms with van der Waals surface area (Å²) in [5, 5.41) is 9.65. The Balaban J connectivity index is 2.95. The number of aliphatic hydroxyl groups is 1. The molecule has 0 aliphatic heterocycles. The molecule has 0 aliphatic carbocycles. The van der Waals surface area contributed by atoms with Gasteiger partial charge in [0.05, 0.1) is 6.61 Å². The Morgan fingerprint density at radius 1 is 1.40 bits per heavy atom. The van der Waals surface area contributed by atoms with Crippen molar-refractivity contribution in [3.8, 4) is 0 Å². The van der Waals surface area contributed by atoms with Crippen LogP contribution < -0.4 is 0 Å². The predicted octanol–water partition coefficient (Wildman–Crippen LogP) is 2.62. The molecule has 0 saturated carbocycles. The predicted molar refractivity (Wildman–Crippen MR) is 66.2 cm³/mol. The van der Waals surface area contributed by atoms with Crippen molar-refractivity contribution in [3.63, 3.8) is 0 Å². The number of aromatic nitrogens is 2. The van der Waals surface area contributed by atoms with E-state index in [0.29, 0.717) is 5.75 Å². The monoisotopic (exact) mass is 290 g/mol. The van der Waals surface area contributed by atoms with Gasteiger partial charge in [0.15, 0.2) is 0 Å². The maximum absolute atomic E-state index is 8.75. The van der Waals surface area contributed by atoms with Gasteiger partial charge in [0.2, 0.25) is 0 Å². The molecule has 0 unspecified atom stereocenters. The zero-order chi connectivity index (χ0) is 11.5. The Morgan fingerprint density at radius 3 is 2.60 bits per heavy atom. The van der Waals surface area contributed by atoms with E-state index >= 15 is 0 Å². The molecule has 0 atom stereocenters. The molecule has 1 N–H and O–H groups in total. The first-order valence-corrected chi connectivity index (χ1v) is 6.50. The van der Waals surface area contributed by atoms with Crippen LogP contribution in [0.1, 0.15) is 26.6 Å². The van der Waals surface area contributed by atoms with Gasteiger partial charge in [-0.05, 0) is 15.9 Å². The molecule has 0 spiro atoms. The molecule has 0 saturated heterocycles. The van der Waals surface area contributed by atoms with Crippen molar-refractivity contribution in [2.75, 3.05) is 12.4 Å². The molecular weight excluding hydrogens is 276 g/mol.